The molecule has 1 aromatic carbocycles. The lowest BCUT2D eigenvalue weighted by Crippen LogP contribution is -1.91. The number of aliphatic carboxylic acids is 1. The van der Waals surface area contributed by atoms with Gasteiger partial charge in [-0.05, 0) is 30.7 Å². The van der Waals surface area contributed by atoms with Crippen LogP contribution in [-0.4, -0.2) is 11.1 Å². The molecule has 15 heavy (non-hydrogen) atoms. The largest absolute Gasteiger partial charge is 0.481 e. The van der Waals surface area contributed by atoms with Gasteiger partial charge < -0.3 is 5.11 Å². The molecule has 0 radical (unpaired) electrons. The van der Waals surface area contributed by atoms with E-state index < -0.39 is 17.6 Å². The fourth-order valence-electron chi connectivity index (χ4n) is 0.758. The molecule has 0 aromatic heterocycles. The first-order chi connectivity index (χ1) is 7.06. The Hall–Kier alpha value is -1.45. The zero-order chi connectivity index (χ0) is 11.7. The number of carbonyl (C=O) groups is 1. The third-order valence-electron chi connectivity index (χ3n) is 1.55. The van der Waals surface area contributed by atoms with Crippen LogP contribution in [0.15, 0.2) is 24.3 Å². The van der Waals surface area contributed by atoms with Crippen molar-refractivity contribution in [3.63, 3.8) is 0 Å². The summed E-state index contributed by atoms with van der Waals surface area (Å²) in [6.07, 6.45) is 2.08. The highest BCUT2D eigenvalue weighted by atomic mass is 19.1. The molecule has 1 N–H and O–H groups in total. The summed E-state index contributed by atoms with van der Waals surface area (Å²) >= 11 is 0. The van der Waals surface area contributed by atoms with E-state index in [2.05, 4.69) is 0 Å². The summed E-state index contributed by atoms with van der Waals surface area (Å²) in [5.41, 5.74) is 0. The number of halogens is 2. The summed E-state index contributed by atoms with van der Waals surface area (Å²) in [6.45, 7) is 1.98. The maximum atomic E-state index is 11.9. The van der Waals surface area contributed by atoms with Crippen molar-refractivity contribution in [3.8, 4) is 0 Å². The molecular formula is C11H14F2O2. The molecule has 0 saturated carbocycles. The van der Waals surface area contributed by atoms with Gasteiger partial charge in [0.05, 0.1) is 0 Å². The standard InChI is InChI=1S/C6H4F2.C5H10O2/c7-5-1-2-6(8)4-3-5;1-2-3-4-5(6)7/h1-4H;2-4H2,1H3,(H,6,7). The highest BCUT2D eigenvalue weighted by molar-refractivity contribution is 5.66. The number of carboxylic acids is 1. The van der Waals surface area contributed by atoms with Crippen molar-refractivity contribution in [2.75, 3.05) is 0 Å². The van der Waals surface area contributed by atoms with Gasteiger partial charge in [-0.15, -0.1) is 0 Å². The normalized spacial score (nSPS) is 9.00. The topological polar surface area (TPSA) is 37.3 Å². The van der Waals surface area contributed by atoms with E-state index in [1.54, 1.807) is 0 Å². The minimum absolute atomic E-state index is 0.316. The molecule has 0 unspecified atom stereocenters. The molecule has 0 saturated heterocycles. The molecule has 0 aliphatic heterocycles. The minimum atomic E-state index is -0.693. The van der Waals surface area contributed by atoms with E-state index in [1.807, 2.05) is 6.92 Å². The van der Waals surface area contributed by atoms with Gasteiger partial charge in [0.25, 0.3) is 0 Å². The lowest BCUT2D eigenvalue weighted by atomic mass is 10.3. The van der Waals surface area contributed by atoms with E-state index >= 15 is 0 Å². The molecule has 0 spiro atoms. The molecule has 1 rings (SSSR count). The molecule has 0 aliphatic carbocycles. The zero-order valence-corrected chi connectivity index (χ0v) is 8.54. The first-order valence-electron chi connectivity index (χ1n) is 4.69. The van der Waals surface area contributed by atoms with Crippen molar-refractivity contribution in [2.24, 2.45) is 0 Å². The molecule has 0 fully saturated rings. The molecule has 0 heterocycles. The molecule has 0 amide bonds. The van der Waals surface area contributed by atoms with Crippen molar-refractivity contribution in [1.29, 1.82) is 0 Å². The minimum Gasteiger partial charge on any atom is -0.481 e. The lowest BCUT2D eigenvalue weighted by molar-refractivity contribution is -0.137. The van der Waals surface area contributed by atoms with Crippen LogP contribution in [0.4, 0.5) is 8.78 Å². The van der Waals surface area contributed by atoms with Crippen LogP contribution >= 0.6 is 0 Å². The van der Waals surface area contributed by atoms with Gasteiger partial charge in [-0.25, -0.2) is 8.78 Å². The van der Waals surface area contributed by atoms with Crippen LogP contribution in [0.25, 0.3) is 0 Å². The second kappa shape index (κ2) is 7.91. The monoisotopic (exact) mass is 216 g/mol. The van der Waals surface area contributed by atoms with Crippen molar-refractivity contribution in [3.05, 3.63) is 35.9 Å². The number of benzene rings is 1. The van der Waals surface area contributed by atoms with Crippen LogP contribution in [-0.2, 0) is 4.79 Å². The Morgan fingerprint density at radius 2 is 1.60 bits per heavy atom. The summed E-state index contributed by atoms with van der Waals surface area (Å²) in [5, 5.41) is 8.04. The Balaban J connectivity index is 0.000000265. The van der Waals surface area contributed by atoms with E-state index in [1.165, 1.54) is 0 Å². The van der Waals surface area contributed by atoms with Crippen molar-refractivity contribution in [2.45, 2.75) is 26.2 Å². The molecule has 4 heteroatoms. The molecule has 1 aromatic rings. The smallest absolute Gasteiger partial charge is 0.303 e. The van der Waals surface area contributed by atoms with Crippen LogP contribution in [0, 0.1) is 11.6 Å². The summed E-state index contributed by atoms with van der Waals surface area (Å²) in [7, 11) is 0. The van der Waals surface area contributed by atoms with E-state index in [-0.39, 0.29) is 0 Å². The average Bonchev–Trinajstić information content (AvgIpc) is 2.20. The lowest BCUT2D eigenvalue weighted by Gasteiger charge is -1.85. The average molecular weight is 216 g/mol. The van der Waals surface area contributed by atoms with E-state index in [0.29, 0.717) is 6.42 Å². The van der Waals surface area contributed by atoms with Crippen LogP contribution in [0.1, 0.15) is 26.2 Å². The van der Waals surface area contributed by atoms with Crippen LogP contribution in [0.2, 0.25) is 0 Å². The summed E-state index contributed by atoms with van der Waals surface area (Å²) in [5.74, 6) is -1.51. The Bertz CT molecular complexity index is 262. The molecule has 0 atom stereocenters. The van der Waals surface area contributed by atoms with Crippen LogP contribution in [0.3, 0.4) is 0 Å². The molecule has 0 aliphatic rings. The van der Waals surface area contributed by atoms with Gasteiger partial charge in [-0.2, -0.15) is 0 Å². The molecule has 0 bridgehead atoms. The van der Waals surface area contributed by atoms with Crippen molar-refractivity contribution < 1.29 is 18.7 Å². The maximum absolute atomic E-state index is 11.9. The fraction of sp³-hybridized carbons (Fsp3) is 0.364. The van der Waals surface area contributed by atoms with E-state index in [9.17, 15) is 13.6 Å². The van der Waals surface area contributed by atoms with E-state index in [0.717, 1.165) is 37.1 Å². The predicted octanol–water partition coefficient (Wildman–Crippen LogP) is 3.23. The van der Waals surface area contributed by atoms with Gasteiger partial charge in [0.15, 0.2) is 0 Å². The number of hydrogen-bond donors (Lipinski definition) is 1. The highest BCUT2D eigenvalue weighted by Gasteiger charge is 1.90. The van der Waals surface area contributed by atoms with E-state index in [4.69, 9.17) is 5.11 Å². The SMILES string of the molecule is CCCCC(=O)O.Fc1ccc(F)cc1. The number of carboxylic acid groups (broad SMARTS) is 1. The zero-order valence-electron chi connectivity index (χ0n) is 8.54. The maximum Gasteiger partial charge on any atom is 0.303 e. The third-order valence-corrected chi connectivity index (χ3v) is 1.55. The predicted molar refractivity (Wildman–Crippen MR) is 53.5 cm³/mol. The van der Waals surface area contributed by atoms with Gasteiger partial charge in [-0.3, -0.25) is 4.79 Å². The van der Waals surface area contributed by atoms with Crippen LogP contribution in [0.5, 0.6) is 0 Å². The molecule has 84 valence electrons. The summed E-state index contributed by atoms with van der Waals surface area (Å²) < 4.78 is 23.8. The summed E-state index contributed by atoms with van der Waals surface area (Å²) in [4.78, 5) is 9.76. The molecular weight excluding hydrogens is 202 g/mol. The second-order valence-corrected chi connectivity index (χ2v) is 2.93. The van der Waals surface area contributed by atoms with Gasteiger partial charge in [0.1, 0.15) is 11.6 Å². The number of hydrogen-bond acceptors (Lipinski definition) is 1. The highest BCUT2D eigenvalue weighted by Crippen LogP contribution is 1.98. The Morgan fingerprint density at radius 3 is 1.80 bits per heavy atom. The third kappa shape index (κ3) is 8.87. The first kappa shape index (κ1) is 13.5. The van der Waals surface area contributed by atoms with Crippen molar-refractivity contribution in [1.82, 2.24) is 0 Å². The van der Waals surface area contributed by atoms with Crippen molar-refractivity contribution >= 4 is 5.97 Å². The Morgan fingerprint density at radius 1 is 1.20 bits per heavy atom. The van der Waals surface area contributed by atoms with Gasteiger partial charge in [0.2, 0.25) is 0 Å². The van der Waals surface area contributed by atoms with Gasteiger partial charge in [0, 0.05) is 6.42 Å². The first-order valence-corrected chi connectivity index (χ1v) is 4.69. The fourth-order valence-corrected chi connectivity index (χ4v) is 0.758. The van der Waals surface area contributed by atoms with Gasteiger partial charge >= 0.3 is 5.97 Å². The Kier molecular flexibility index (Phi) is 7.14. The summed E-state index contributed by atoms with van der Waals surface area (Å²) in [6, 6.07) is 4.31. The second-order valence-electron chi connectivity index (χ2n) is 2.93. The van der Waals surface area contributed by atoms with Crippen LogP contribution < -0.4 is 0 Å². The quantitative estimate of drug-likeness (QED) is 0.842. The number of rotatable bonds is 3. The number of unbranched alkanes of at least 4 members (excludes halogenated alkanes) is 1. The van der Waals surface area contributed by atoms with Gasteiger partial charge in [-0.1, -0.05) is 13.3 Å². The Labute approximate surface area is 87.5 Å². The molecule has 2 nitrogen and oxygen atoms in total.